The van der Waals surface area contributed by atoms with E-state index in [2.05, 4.69) is 36.9 Å². The Labute approximate surface area is 173 Å². The van der Waals surface area contributed by atoms with Gasteiger partial charge in [0.05, 0.1) is 0 Å². The molecular weight excluding hydrogens is 372 g/mol. The van der Waals surface area contributed by atoms with Crippen LogP contribution in [0.4, 0.5) is 0 Å². The molecular formula is C21H33N4O4+. The van der Waals surface area contributed by atoms with Gasteiger partial charge in [-0.2, -0.15) is 4.58 Å². The number of amides is 3. The van der Waals surface area contributed by atoms with E-state index < -0.39 is 0 Å². The molecule has 0 spiro atoms. The van der Waals surface area contributed by atoms with Crippen molar-refractivity contribution in [2.45, 2.75) is 19.3 Å². The molecule has 0 unspecified atom stereocenters. The van der Waals surface area contributed by atoms with Crippen LogP contribution >= 0.6 is 0 Å². The van der Waals surface area contributed by atoms with Gasteiger partial charge in [0.2, 0.25) is 17.7 Å². The Bertz CT molecular complexity index is 641. The molecule has 0 aliphatic heterocycles. The molecule has 0 saturated heterocycles. The molecule has 0 atom stereocenters. The molecule has 0 bridgehead atoms. The monoisotopic (exact) mass is 405 g/mol. The molecule has 3 amide bonds. The lowest BCUT2D eigenvalue weighted by molar-refractivity contribution is -0.535. The topological polar surface area (TPSA) is 102 Å². The third-order valence-corrected chi connectivity index (χ3v) is 4.03. The number of nitrogens with zero attached hydrogens (tertiary/aromatic N) is 2. The Kier molecular flexibility index (Phi) is 14.1. The Morgan fingerprint density at radius 3 is 1.83 bits per heavy atom. The van der Waals surface area contributed by atoms with Gasteiger partial charge < -0.3 is 20.6 Å². The highest BCUT2D eigenvalue weighted by Crippen LogP contribution is 1.98. The lowest BCUT2D eigenvalue weighted by Crippen LogP contribution is -2.35. The number of carbonyl (C=O) groups is 3. The number of aliphatic hydroxyl groups is 1. The van der Waals surface area contributed by atoms with Gasteiger partial charge in [-0.05, 0) is 24.6 Å². The average Bonchev–Trinajstić information content (AvgIpc) is 2.74. The zero-order valence-electron chi connectivity index (χ0n) is 17.1. The maximum absolute atomic E-state index is 12.0. The third-order valence-electron chi connectivity index (χ3n) is 4.03. The highest BCUT2D eigenvalue weighted by molar-refractivity contribution is 5.87. The Hall–Kier alpha value is -3.16. The summed E-state index contributed by atoms with van der Waals surface area (Å²) in [6.45, 7) is 16.8. The van der Waals surface area contributed by atoms with Crippen molar-refractivity contribution in [3.63, 3.8) is 0 Å². The summed E-state index contributed by atoms with van der Waals surface area (Å²) in [7, 11) is 0. The van der Waals surface area contributed by atoms with Crippen molar-refractivity contribution in [2.75, 3.05) is 39.3 Å². The standard InChI is InChI=1S/C21H32N4O4/c1-5-18(26)22-12-9-14-24(20(28)7-3)16-11-17-25(21(29)8-4)15-10-13-23-19(27)6-2/h5-8H,1-4,9-17H2,(H2,22,23,26,27)/p+1. The van der Waals surface area contributed by atoms with E-state index in [0.717, 1.165) is 0 Å². The van der Waals surface area contributed by atoms with Gasteiger partial charge in [0.1, 0.15) is 13.1 Å². The first-order valence-corrected chi connectivity index (χ1v) is 9.54. The van der Waals surface area contributed by atoms with E-state index in [-0.39, 0.29) is 23.6 Å². The van der Waals surface area contributed by atoms with Gasteiger partial charge in [-0.15, -0.1) is 0 Å². The zero-order valence-corrected chi connectivity index (χ0v) is 17.1. The summed E-state index contributed by atoms with van der Waals surface area (Å²) < 4.78 is 1.74. The van der Waals surface area contributed by atoms with Crippen molar-refractivity contribution in [1.29, 1.82) is 0 Å². The first-order chi connectivity index (χ1) is 13.9. The molecule has 0 aliphatic carbocycles. The zero-order chi connectivity index (χ0) is 22.1. The van der Waals surface area contributed by atoms with Gasteiger partial charge in [-0.25, -0.2) is 0 Å². The second-order valence-electron chi connectivity index (χ2n) is 6.13. The van der Waals surface area contributed by atoms with Crippen LogP contribution in [0.15, 0.2) is 50.6 Å². The van der Waals surface area contributed by atoms with Crippen LogP contribution in [0, 0.1) is 0 Å². The summed E-state index contributed by atoms with van der Waals surface area (Å²) >= 11 is 0. The van der Waals surface area contributed by atoms with Crippen LogP contribution in [0.5, 0.6) is 0 Å². The quantitative estimate of drug-likeness (QED) is 0.117. The first kappa shape index (κ1) is 25.8. The van der Waals surface area contributed by atoms with Gasteiger partial charge in [0.15, 0.2) is 0 Å². The smallest absolute Gasteiger partial charge is 0.359 e. The summed E-state index contributed by atoms with van der Waals surface area (Å²) in [5.74, 6) is -0.622. The van der Waals surface area contributed by atoms with Crippen molar-refractivity contribution in [1.82, 2.24) is 15.5 Å². The van der Waals surface area contributed by atoms with Crippen LogP contribution in [0.2, 0.25) is 0 Å². The van der Waals surface area contributed by atoms with Crippen molar-refractivity contribution in [2.24, 2.45) is 0 Å². The molecule has 29 heavy (non-hydrogen) atoms. The molecule has 0 saturated carbocycles. The number of rotatable bonds is 16. The van der Waals surface area contributed by atoms with Crippen LogP contribution in [-0.4, -0.2) is 77.5 Å². The molecule has 0 fully saturated rings. The fraction of sp³-hybridized carbons (Fsp3) is 0.429. The lowest BCUT2D eigenvalue weighted by atomic mass is 10.3. The summed E-state index contributed by atoms with van der Waals surface area (Å²) in [5.41, 5.74) is 0. The van der Waals surface area contributed by atoms with E-state index >= 15 is 0 Å². The molecule has 0 rings (SSSR count). The van der Waals surface area contributed by atoms with Crippen molar-refractivity contribution < 1.29 is 24.1 Å². The van der Waals surface area contributed by atoms with Crippen molar-refractivity contribution >= 4 is 23.6 Å². The maximum Gasteiger partial charge on any atom is 0.359 e. The second kappa shape index (κ2) is 15.9. The van der Waals surface area contributed by atoms with Crippen LogP contribution in [0.3, 0.4) is 0 Å². The molecule has 0 heterocycles. The number of aliphatic hydroxyl groups excluding tert-OH is 1. The number of nitrogens with one attached hydrogen (secondary N) is 2. The number of hydrogen-bond donors (Lipinski definition) is 3. The Morgan fingerprint density at radius 2 is 1.31 bits per heavy atom. The van der Waals surface area contributed by atoms with Crippen LogP contribution in [-0.2, 0) is 14.4 Å². The molecule has 0 aliphatic rings. The fourth-order valence-electron chi connectivity index (χ4n) is 2.49. The van der Waals surface area contributed by atoms with E-state index in [9.17, 15) is 19.5 Å². The minimum Gasteiger partial charge on any atom is -0.460 e. The molecule has 0 aromatic carbocycles. The highest BCUT2D eigenvalue weighted by Gasteiger charge is 2.14. The van der Waals surface area contributed by atoms with Gasteiger partial charge in [0.25, 0.3) is 0 Å². The average molecular weight is 406 g/mol. The summed E-state index contributed by atoms with van der Waals surface area (Å²) in [6, 6.07) is 0. The van der Waals surface area contributed by atoms with Crippen LogP contribution in [0.1, 0.15) is 19.3 Å². The molecule has 8 nitrogen and oxygen atoms in total. The number of carbonyl (C=O) groups excluding carboxylic acids is 3. The third kappa shape index (κ3) is 12.0. The normalized spacial score (nSPS) is 10.9. The summed E-state index contributed by atoms with van der Waals surface area (Å²) in [6.07, 6.45) is 6.89. The Balaban J connectivity index is 4.56. The van der Waals surface area contributed by atoms with Crippen LogP contribution < -0.4 is 10.6 Å². The van der Waals surface area contributed by atoms with E-state index in [0.29, 0.717) is 58.5 Å². The number of hydrogen-bond acceptors (Lipinski definition) is 3. The predicted molar refractivity (Wildman–Crippen MR) is 115 cm³/mol. The molecule has 0 aromatic heterocycles. The van der Waals surface area contributed by atoms with Gasteiger partial charge in [-0.1, -0.05) is 26.3 Å². The highest BCUT2D eigenvalue weighted by atomic mass is 16.3. The van der Waals surface area contributed by atoms with Crippen molar-refractivity contribution in [3.05, 3.63) is 50.6 Å². The fourth-order valence-corrected chi connectivity index (χ4v) is 2.49. The van der Waals surface area contributed by atoms with Crippen LogP contribution in [0.25, 0.3) is 0 Å². The van der Waals surface area contributed by atoms with E-state index in [1.54, 1.807) is 9.48 Å². The van der Waals surface area contributed by atoms with Gasteiger partial charge >= 0.3 is 5.90 Å². The summed E-state index contributed by atoms with van der Waals surface area (Å²) in [4.78, 5) is 36.0. The van der Waals surface area contributed by atoms with E-state index in [1.165, 1.54) is 24.3 Å². The molecule has 0 aromatic rings. The second-order valence-corrected chi connectivity index (χ2v) is 6.13. The molecule has 0 radical (unpaired) electrons. The maximum atomic E-state index is 12.0. The first-order valence-electron chi connectivity index (χ1n) is 9.54. The minimum absolute atomic E-state index is 0.0498. The minimum atomic E-state index is -0.248. The Morgan fingerprint density at radius 1 is 0.793 bits per heavy atom. The SMILES string of the molecule is C=CC(=O)NCCCN(CCC[N+](CCCNC(=O)C=C)=C(O)C=C)C(=O)C=C. The van der Waals surface area contributed by atoms with Gasteiger partial charge in [-0.3, -0.25) is 14.4 Å². The molecule has 3 N–H and O–H groups in total. The van der Waals surface area contributed by atoms with Crippen molar-refractivity contribution in [3.8, 4) is 0 Å². The predicted octanol–water partition coefficient (Wildman–Crippen LogP) is 0.931. The lowest BCUT2D eigenvalue weighted by Gasteiger charge is -2.21. The van der Waals surface area contributed by atoms with E-state index in [1.807, 2.05) is 0 Å². The molecule has 160 valence electrons. The summed E-state index contributed by atoms with van der Waals surface area (Å²) in [5, 5.41) is 15.4. The molecule has 8 heteroatoms. The van der Waals surface area contributed by atoms with E-state index in [4.69, 9.17) is 0 Å². The van der Waals surface area contributed by atoms with Gasteiger partial charge in [0, 0.05) is 45.1 Å². The largest absolute Gasteiger partial charge is 0.460 e.